The zero-order chi connectivity index (χ0) is 13.9. The summed E-state index contributed by atoms with van der Waals surface area (Å²) in [4.78, 5) is 0. The molecular weight excluding hydrogens is 272 g/mol. The molecule has 0 aromatic rings. The van der Waals surface area contributed by atoms with Crippen LogP contribution in [0, 0.1) is 0 Å². The predicted octanol–water partition coefficient (Wildman–Crippen LogP) is 2.76. The van der Waals surface area contributed by atoms with Gasteiger partial charge in [-0.25, -0.2) is 12.6 Å². The fourth-order valence-electron chi connectivity index (χ4n) is 1.81. The summed E-state index contributed by atoms with van der Waals surface area (Å²) in [6.07, 6.45) is 12.1. The summed E-state index contributed by atoms with van der Waals surface area (Å²) in [6.45, 7) is 2.20. The molecule has 0 radical (unpaired) electrons. The maximum atomic E-state index is 10.5. The molecule has 0 bridgehead atoms. The second-order valence-corrected chi connectivity index (χ2v) is 6.58. The van der Waals surface area contributed by atoms with Crippen LogP contribution in [-0.4, -0.2) is 24.7 Å². The zero-order valence-electron chi connectivity index (χ0n) is 11.4. The van der Waals surface area contributed by atoms with Gasteiger partial charge in [0.2, 0.25) is 15.8 Å². The van der Waals surface area contributed by atoms with Crippen LogP contribution in [0.25, 0.3) is 0 Å². The number of hydrogen-bond donors (Lipinski definition) is 0. The second-order valence-electron chi connectivity index (χ2n) is 4.48. The van der Waals surface area contributed by atoms with Gasteiger partial charge in [-0.1, -0.05) is 51.9 Å². The Bertz CT molecular complexity index is 278. The summed E-state index contributed by atoms with van der Waals surface area (Å²) < 4.78 is 35.8. The summed E-state index contributed by atoms with van der Waals surface area (Å²) in [6, 6.07) is 0. The van der Waals surface area contributed by atoms with Crippen LogP contribution in [0.4, 0.5) is 0 Å². The SMILES string of the molecule is CCCCCCCCCCC(OS(=O)(=O)[O-])[SH+]C. The van der Waals surface area contributed by atoms with Crippen LogP contribution in [0.1, 0.15) is 64.7 Å². The fourth-order valence-corrected chi connectivity index (χ4v) is 3.28. The minimum atomic E-state index is -4.55. The Morgan fingerprint density at radius 1 is 1.06 bits per heavy atom. The van der Waals surface area contributed by atoms with Gasteiger partial charge in [-0.2, -0.15) is 0 Å². The molecule has 110 valence electrons. The highest BCUT2D eigenvalue weighted by atomic mass is 32.3. The monoisotopic (exact) mass is 298 g/mol. The van der Waals surface area contributed by atoms with Gasteiger partial charge in [0, 0.05) is 18.2 Å². The quantitative estimate of drug-likeness (QED) is 0.183. The molecule has 0 saturated carbocycles. The summed E-state index contributed by atoms with van der Waals surface area (Å²) in [5.41, 5.74) is -0.465. The van der Waals surface area contributed by atoms with Crippen molar-refractivity contribution in [2.45, 2.75) is 70.1 Å². The highest BCUT2D eigenvalue weighted by molar-refractivity contribution is 7.82. The molecule has 0 aliphatic rings. The van der Waals surface area contributed by atoms with E-state index in [9.17, 15) is 13.0 Å². The van der Waals surface area contributed by atoms with E-state index in [1.807, 2.05) is 0 Å². The van der Waals surface area contributed by atoms with E-state index in [0.29, 0.717) is 6.42 Å². The van der Waals surface area contributed by atoms with Crippen molar-refractivity contribution in [2.24, 2.45) is 0 Å². The van der Waals surface area contributed by atoms with Crippen LogP contribution < -0.4 is 0 Å². The van der Waals surface area contributed by atoms with Gasteiger partial charge in [-0.3, -0.25) is 0 Å². The first-order valence-corrected chi connectivity index (χ1v) is 9.47. The van der Waals surface area contributed by atoms with E-state index in [0.717, 1.165) is 24.6 Å². The van der Waals surface area contributed by atoms with Crippen molar-refractivity contribution in [1.29, 1.82) is 0 Å². The first kappa shape index (κ1) is 18.2. The lowest BCUT2D eigenvalue weighted by Crippen LogP contribution is -2.19. The lowest BCUT2D eigenvalue weighted by molar-refractivity contribution is 0.231. The molecule has 0 saturated heterocycles. The Morgan fingerprint density at radius 3 is 2.00 bits per heavy atom. The van der Waals surface area contributed by atoms with Crippen LogP contribution in [0.15, 0.2) is 0 Å². The molecule has 0 fully saturated rings. The molecule has 0 aromatic carbocycles. The summed E-state index contributed by atoms with van der Waals surface area (Å²) in [7, 11) is -4.55. The third kappa shape index (κ3) is 12.7. The van der Waals surface area contributed by atoms with E-state index < -0.39 is 15.8 Å². The molecule has 0 aliphatic carbocycles. The average molecular weight is 298 g/mol. The highest BCUT2D eigenvalue weighted by Crippen LogP contribution is 2.13. The van der Waals surface area contributed by atoms with Crippen LogP contribution in [-0.2, 0) is 26.3 Å². The Hall–Kier alpha value is 0.220. The molecule has 4 nitrogen and oxygen atoms in total. The second kappa shape index (κ2) is 11.1. The topological polar surface area (TPSA) is 66.4 Å². The van der Waals surface area contributed by atoms with Crippen molar-refractivity contribution >= 4 is 22.2 Å². The van der Waals surface area contributed by atoms with Gasteiger partial charge in [0.05, 0.1) is 6.26 Å². The molecule has 0 rings (SSSR count). The van der Waals surface area contributed by atoms with Crippen LogP contribution in [0.5, 0.6) is 0 Å². The first-order chi connectivity index (χ1) is 8.49. The van der Waals surface area contributed by atoms with Crippen LogP contribution >= 0.6 is 0 Å². The molecular formula is C12H26O4S2. The average Bonchev–Trinajstić information content (AvgIpc) is 2.29. The van der Waals surface area contributed by atoms with Gasteiger partial charge in [0.15, 0.2) is 0 Å². The van der Waals surface area contributed by atoms with Gasteiger partial charge in [0.25, 0.3) is 0 Å². The van der Waals surface area contributed by atoms with E-state index in [4.69, 9.17) is 0 Å². The molecule has 0 aliphatic heterocycles. The standard InChI is InChI=1S/C12H26O4S2/c1-3-4-5-6-7-8-9-10-11-12(17-2)16-18(13,14)15/h12H,3-11H2,1-2H3,(H,13,14,15). The number of hydrogen-bond acceptors (Lipinski definition) is 4. The molecule has 0 aromatic heterocycles. The Labute approximate surface area is 116 Å². The fraction of sp³-hybridized carbons (Fsp3) is 1.00. The molecule has 18 heavy (non-hydrogen) atoms. The zero-order valence-corrected chi connectivity index (χ0v) is 13.1. The molecule has 0 heterocycles. The van der Waals surface area contributed by atoms with E-state index in [-0.39, 0.29) is 0 Å². The molecule has 0 N–H and O–H groups in total. The largest absolute Gasteiger partial charge is 0.725 e. The molecule has 0 amide bonds. The van der Waals surface area contributed by atoms with Gasteiger partial charge in [-0.15, -0.1) is 0 Å². The van der Waals surface area contributed by atoms with Crippen molar-refractivity contribution in [3.63, 3.8) is 0 Å². The van der Waals surface area contributed by atoms with Gasteiger partial charge in [-0.05, 0) is 6.42 Å². The van der Waals surface area contributed by atoms with E-state index in [1.54, 1.807) is 6.26 Å². The number of unbranched alkanes of at least 4 members (excludes halogenated alkanes) is 7. The van der Waals surface area contributed by atoms with Crippen molar-refractivity contribution in [3.05, 3.63) is 0 Å². The third-order valence-electron chi connectivity index (χ3n) is 2.82. The minimum Gasteiger partial charge on any atom is -0.725 e. The number of thiol groups is 1. The van der Waals surface area contributed by atoms with E-state index in [2.05, 4.69) is 11.1 Å². The van der Waals surface area contributed by atoms with Crippen molar-refractivity contribution in [3.8, 4) is 0 Å². The Balaban J connectivity index is 3.46. The summed E-state index contributed by atoms with van der Waals surface area (Å²) in [5.74, 6) is 0. The van der Waals surface area contributed by atoms with E-state index >= 15 is 0 Å². The van der Waals surface area contributed by atoms with Gasteiger partial charge in [0.1, 0.15) is 0 Å². The number of rotatable bonds is 12. The van der Waals surface area contributed by atoms with E-state index in [1.165, 1.54) is 38.5 Å². The summed E-state index contributed by atoms with van der Waals surface area (Å²) in [5, 5.41) is 0. The maximum absolute atomic E-state index is 10.5. The van der Waals surface area contributed by atoms with Crippen molar-refractivity contribution < 1.29 is 17.2 Å². The van der Waals surface area contributed by atoms with Gasteiger partial charge >= 0.3 is 0 Å². The summed E-state index contributed by atoms with van der Waals surface area (Å²) >= 11 is 0.802. The van der Waals surface area contributed by atoms with Crippen molar-refractivity contribution in [2.75, 3.05) is 6.26 Å². The molecule has 1 atom stereocenters. The Kier molecular flexibility index (Phi) is 11.2. The normalized spacial score (nSPS) is 13.7. The Morgan fingerprint density at radius 2 is 1.56 bits per heavy atom. The lowest BCUT2D eigenvalue weighted by atomic mass is 10.1. The van der Waals surface area contributed by atoms with Crippen LogP contribution in [0.3, 0.4) is 0 Å². The molecule has 6 heteroatoms. The molecule has 0 spiro atoms. The third-order valence-corrected chi connectivity index (χ3v) is 4.37. The molecule has 1 unspecified atom stereocenters. The smallest absolute Gasteiger partial charge is 0.231 e. The minimum absolute atomic E-state index is 0.465. The van der Waals surface area contributed by atoms with Crippen molar-refractivity contribution in [1.82, 2.24) is 0 Å². The lowest BCUT2D eigenvalue weighted by Gasteiger charge is -2.12. The highest BCUT2D eigenvalue weighted by Gasteiger charge is 2.16. The van der Waals surface area contributed by atoms with Gasteiger partial charge < -0.3 is 4.55 Å². The predicted molar refractivity (Wildman–Crippen MR) is 76.5 cm³/mol. The van der Waals surface area contributed by atoms with Crippen LogP contribution in [0.2, 0.25) is 0 Å². The first-order valence-electron chi connectivity index (χ1n) is 6.72. The maximum Gasteiger partial charge on any atom is 0.231 e.